The van der Waals surface area contributed by atoms with Crippen LogP contribution in [0.5, 0.6) is 0 Å². The van der Waals surface area contributed by atoms with E-state index in [9.17, 15) is 9.59 Å². The fraction of sp³-hybridized carbons (Fsp3) is 0.842. The van der Waals surface area contributed by atoms with E-state index in [4.69, 9.17) is 4.74 Å². The van der Waals surface area contributed by atoms with Crippen LogP contribution in [0.25, 0.3) is 0 Å². The molecule has 1 amide bonds. The maximum absolute atomic E-state index is 12.8. The van der Waals surface area contributed by atoms with Crippen LogP contribution >= 0.6 is 23.1 Å². The number of aromatic nitrogens is 2. The minimum atomic E-state index is -0.271. The highest BCUT2D eigenvalue weighted by molar-refractivity contribution is 8.01. The lowest BCUT2D eigenvalue weighted by atomic mass is 9.47. The summed E-state index contributed by atoms with van der Waals surface area (Å²) in [6.07, 6.45) is 17.5. The number of hydrogen-bond acceptors (Lipinski definition) is 7. The Morgan fingerprint density at radius 1 is 1.04 bits per heavy atom. The highest BCUT2D eigenvalue weighted by Crippen LogP contribution is 2.67. The maximum Gasteiger partial charge on any atom is 0.306 e. The van der Waals surface area contributed by atoms with Crippen molar-refractivity contribution in [2.24, 2.45) is 52.3 Å². The fourth-order valence-electron chi connectivity index (χ4n) is 10.5. The van der Waals surface area contributed by atoms with E-state index in [1.807, 2.05) is 0 Å². The molecule has 8 heteroatoms. The summed E-state index contributed by atoms with van der Waals surface area (Å²) in [7, 11) is 0. The first kappa shape index (κ1) is 35.9. The van der Waals surface area contributed by atoms with Gasteiger partial charge in [0.05, 0.1) is 6.42 Å². The fourth-order valence-corrected chi connectivity index (χ4v) is 12.2. The lowest BCUT2D eigenvalue weighted by Gasteiger charge is -2.58. The first-order chi connectivity index (χ1) is 22.0. The second kappa shape index (κ2) is 15.4. The van der Waals surface area contributed by atoms with Gasteiger partial charge in [-0.2, -0.15) is 0 Å². The minimum Gasteiger partial charge on any atom is -0.462 e. The molecule has 0 bridgehead atoms. The zero-order valence-corrected chi connectivity index (χ0v) is 31.4. The Morgan fingerprint density at radius 2 is 1.85 bits per heavy atom. The van der Waals surface area contributed by atoms with E-state index in [-0.39, 0.29) is 36.2 Å². The molecule has 46 heavy (non-hydrogen) atoms. The Bertz CT molecular complexity index is 1230. The number of hydrogen-bond donors (Lipinski definition) is 1. The molecule has 4 aliphatic rings. The Labute approximate surface area is 287 Å². The minimum absolute atomic E-state index is 0.0731. The Balaban J connectivity index is 1.12. The summed E-state index contributed by atoms with van der Waals surface area (Å²) in [6.45, 7) is 17.1. The largest absolute Gasteiger partial charge is 0.462 e. The number of ether oxygens (including phenoxy) is 1. The van der Waals surface area contributed by atoms with Crippen molar-refractivity contribution < 1.29 is 14.3 Å². The van der Waals surface area contributed by atoms with Gasteiger partial charge in [0.25, 0.3) is 0 Å². The molecule has 4 aliphatic carbocycles. The zero-order chi connectivity index (χ0) is 33.1. The third kappa shape index (κ3) is 7.74. The summed E-state index contributed by atoms with van der Waals surface area (Å²) in [5.41, 5.74) is 2.26. The molecule has 258 valence electrons. The molecular formula is C38H61N3O3S2. The average molecular weight is 672 g/mol. The number of thioether (sulfide) groups is 1. The predicted molar refractivity (Wildman–Crippen MR) is 191 cm³/mol. The number of allylic oxidation sites excluding steroid dienone is 1. The molecule has 1 heterocycles. The number of rotatable bonds is 14. The second-order valence-electron chi connectivity index (χ2n) is 16.1. The average Bonchev–Trinajstić information content (AvgIpc) is 3.62. The molecule has 0 radical (unpaired) electrons. The number of fused-ring (bicyclic) bond motifs is 5. The number of anilines is 1. The van der Waals surface area contributed by atoms with Crippen molar-refractivity contribution in [3.63, 3.8) is 0 Å². The van der Waals surface area contributed by atoms with Gasteiger partial charge in [-0.1, -0.05) is 96.1 Å². The van der Waals surface area contributed by atoms with Crippen molar-refractivity contribution in [1.29, 1.82) is 0 Å². The van der Waals surface area contributed by atoms with E-state index in [2.05, 4.69) is 70.1 Å². The number of nitrogens with one attached hydrogen (secondary N) is 1. The van der Waals surface area contributed by atoms with Gasteiger partial charge in [-0.3, -0.25) is 9.59 Å². The van der Waals surface area contributed by atoms with Crippen molar-refractivity contribution in [1.82, 2.24) is 10.2 Å². The SMILES string of the molecule is CCCSc1nnc(NC(=O)CCC(=O)O[C@H]2CC[C@@]3(C)C(=CC[C@H]4[C@@H]5CC[C@H]([C@H](C)CC[C@@H](CC)C(C)C)[C@@]5(C)CC[C@@H]43)C2)s1. The van der Waals surface area contributed by atoms with Crippen LogP contribution in [0.2, 0.25) is 0 Å². The summed E-state index contributed by atoms with van der Waals surface area (Å²) in [6, 6.07) is 0. The molecule has 0 saturated heterocycles. The van der Waals surface area contributed by atoms with Crippen molar-refractivity contribution >= 4 is 40.1 Å². The highest BCUT2D eigenvalue weighted by Gasteiger charge is 2.59. The molecule has 1 N–H and O–H groups in total. The summed E-state index contributed by atoms with van der Waals surface area (Å²) < 4.78 is 6.82. The predicted octanol–water partition coefficient (Wildman–Crippen LogP) is 10.3. The Hall–Kier alpha value is -1.41. The van der Waals surface area contributed by atoms with Crippen molar-refractivity contribution in [3.05, 3.63) is 11.6 Å². The van der Waals surface area contributed by atoms with E-state index in [1.54, 1.807) is 11.8 Å². The Kier molecular flexibility index (Phi) is 12.0. The summed E-state index contributed by atoms with van der Waals surface area (Å²) >= 11 is 3.02. The molecule has 3 saturated carbocycles. The first-order valence-electron chi connectivity index (χ1n) is 18.6. The normalized spacial score (nSPS) is 33.4. The summed E-state index contributed by atoms with van der Waals surface area (Å²) in [5.74, 6) is 6.26. The standard InChI is InChI=1S/C38H61N3O3S2/c1-8-22-45-36-41-40-35(46-36)39-33(42)16-17-34(43)44-28-18-20-37(6)27(23-28)12-13-29-31-15-14-30(38(31,7)21-19-32(29)37)25(5)10-11-26(9-2)24(3)4/h12,24-26,28-32H,8-11,13-23H2,1-7H3,(H,39,40,42)/t25-,26-,28+,29+,30-,31+,32+,37+,38-/m1/s1. The van der Waals surface area contributed by atoms with Crippen LogP contribution in [0.15, 0.2) is 16.0 Å². The molecule has 1 aromatic rings. The van der Waals surface area contributed by atoms with Gasteiger partial charge in [0.1, 0.15) is 6.10 Å². The van der Waals surface area contributed by atoms with E-state index in [0.29, 0.717) is 10.5 Å². The van der Waals surface area contributed by atoms with Crippen molar-refractivity contribution in [2.75, 3.05) is 11.1 Å². The molecule has 6 nitrogen and oxygen atoms in total. The van der Waals surface area contributed by atoms with Crippen LogP contribution in [0.1, 0.15) is 138 Å². The molecule has 5 rings (SSSR count). The smallest absolute Gasteiger partial charge is 0.306 e. The third-order valence-corrected chi connectivity index (χ3v) is 15.4. The van der Waals surface area contributed by atoms with Gasteiger partial charge in [0, 0.05) is 18.6 Å². The maximum atomic E-state index is 12.8. The van der Waals surface area contributed by atoms with Gasteiger partial charge in [-0.25, -0.2) is 0 Å². The zero-order valence-electron chi connectivity index (χ0n) is 29.7. The number of nitrogens with zero attached hydrogens (tertiary/aromatic N) is 2. The number of esters is 1. The van der Waals surface area contributed by atoms with Gasteiger partial charge < -0.3 is 10.1 Å². The first-order valence-corrected chi connectivity index (χ1v) is 20.4. The van der Waals surface area contributed by atoms with Crippen LogP contribution in [0, 0.1) is 52.3 Å². The molecule has 1 aromatic heterocycles. The van der Waals surface area contributed by atoms with Crippen LogP contribution in [-0.4, -0.2) is 33.9 Å². The van der Waals surface area contributed by atoms with Gasteiger partial charge in [-0.05, 0) is 110 Å². The topological polar surface area (TPSA) is 81.2 Å². The van der Waals surface area contributed by atoms with Crippen LogP contribution in [0.4, 0.5) is 5.13 Å². The molecule has 0 spiro atoms. The molecule has 9 atom stereocenters. The molecule has 0 aromatic carbocycles. The number of carbonyl (C=O) groups excluding carboxylic acids is 2. The quantitative estimate of drug-likeness (QED) is 0.0917. The monoisotopic (exact) mass is 671 g/mol. The highest BCUT2D eigenvalue weighted by atomic mass is 32.2. The van der Waals surface area contributed by atoms with E-state index in [1.165, 1.54) is 68.3 Å². The molecule has 3 fully saturated rings. The van der Waals surface area contributed by atoms with Crippen molar-refractivity contribution in [2.45, 2.75) is 149 Å². The molecule has 0 aliphatic heterocycles. The van der Waals surface area contributed by atoms with Crippen LogP contribution in [0.3, 0.4) is 0 Å². The Morgan fingerprint density at radius 3 is 2.59 bits per heavy atom. The summed E-state index contributed by atoms with van der Waals surface area (Å²) in [5, 5.41) is 11.4. The number of carbonyl (C=O) groups is 2. The van der Waals surface area contributed by atoms with Crippen LogP contribution in [-0.2, 0) is 14.3 Å². The number of amides is 1. The molecule has 0 unspecified atom stereocenters. The summed E-state index contributed by atoms with van der Waals surface area (Å²) in [4.78, 5) is 25.2. The van der Waals surface area contributed by atoms with E-state index in [0.717, 1.165) is 77.2 Å². The van der Waals surface area contributed by atoms with Crippen molar-refractivity contribution in [3.8, 4) is 0 Å². The lowest BCUT2D eigenvalue weighted by molar-refractivity contribution is -0.152. The second-order valence-corrected chi connectivity index (χ2v) is 18.4. The van der Waals surface area contributed by atoms with Gasteiger partial charge in [0.2, 0.25) is 11.0 Å². The molecular weight excluding hydrogens is 611 g/mol. The van der Waals surface area contributed by atoms with Gasteiger partial charge in [-0.15, -0.1) is 10.2 Å². The van der Waals surface area contributed by atoms with Gasteiger partial charge in [0.15, 0.2) is 4.34 Å². The van der Waals surface area contributed by atoms with Gasteiger partial charge >= 0.3 is 5.97 Å². The lowest BCUT2D eigenvalue weighted by Crippen LogP contribution is -2.51. The van der Waals surface area contributed by atoms with Crippen LogP contribution < -0.4 is 5.32 Å². The third-order valence-electron chi connectivity index (χ3n) is 13.2. The van der Waals surface area contributed by atoms with E-state index >= 15 is 0 Å². The van der Waals surface area contributed by atoms with E-state index < -0.39 is 0 Å².